The zero-order chi connectivity index (χ0) is 17.2. The third-order valence-electron chi connectivity index (χ3n) is 4.23. The van der Waals surface area contributed by atoms with Crippen molar-refractivity contribution >= 4 is 0 Å². The fourth-order valence-corrected chi connectivity index (χ4v) is 3.03. The Labute approximate surface area is 139 Å². The zero-order valence-corrected chi connectivity index (χ0v) is 13.5. The lowest BCUT2D eigenvalue weighted by Crippen LogP contribution is -2.25. The van der Waals surface area contributed by atoms with Gasteiger partial charge in [-0.05, 0) is 54.3 Å². The van der Waals surface area contributed by atoms with Crippen molar-refractivity contribution in [3.63, 3.8) is 0 Å². The smallest absolute Gasteiger partial charge is 0.416 e. The van der Waals surface area contributed by atoms with Crippen LogP contribution in [0.25, 0.3) is 11.1 Å². The Kier molecular flexibility index (Phi) is 4.81. The fraction of sp³-hybridized carbons (Fsp3) is 0.368. The summed E-state index contributed by atoms with van der Waals surface area (Å²) in [4.78, 5) is 0. The SMILES string of the molecule is CCCOc1ccc(-c2ccc(C(F)(F)F)cc2)c2c1CNCC2. The molecule has 1 N–H and O–H groups in total. The zero-order valence-electron chi connectivity index (χ0n) is 13.5. The Morgan fingerprint density at radius 3 is 2.46 bits per heavy atom. The Hall–Kier alpha value is -2.01. The van der Waals surface area contributed by atoms with E-state index in [4.69, 9.17) is 4.74 Å². The van der Waals surface area contributed by atoms with E-state index in [0.29, 0.717) is 6.61 Å². The number of hydrogen-bond acceptors (Lipinski definition) is 2. The van der Waals surface area contributed by atoms with Gasteiger partial charge in [0.05, 0.1) is 12.2 Å². The predicted octanol–water partition coefficient (Wildman–Crippen LogP) is 4.81. The van der Waals surface area contributed by atoms with Crippen LogP contribution in [0, 0.1) is 0 Å². The summed E-state index contributed by atoms with van der Waals surface area (Å²) in [5.74, 6) is 0.870. The Balaban J connectivity index is 1.99. The highest BCUT2D eigenvalue weighted by molar-refractivity contribution is 5.71. The molecule has 3 rings (SSSR count). The summed E-state index contributed by atoms with van der Waals surface area (Å²) in [7, 11) is 0. The van der Waals surface area contributed by atoms with E-state index in [1.54, 1.807) is 12.1 Å². The lowest BCUT2D eigenvalue weighted by molar-refractivity contribution is -0.137. The maximum atomic E-state index is 12.7. The maximum Gasteiger partial charge on any atom is 0.416 e. The second kappa shape index (κ2) is 6.85. The van der Waals surface area contributed by atoms with Crippen LogP contribution in [-0.2, 0) is 19.1 Å². The molecule has 1 heterocycles. The van der Waals surface area contributed by atoms with E-state index < -0.39 is 11.7 Å². The van der Waals surface area contributed by atoms with Crippen LogP contribution >= 0.6 is 0 Å². The molecule has 0 unspecified atom stereocenters. The van der Waals surface area contributed by atoms with Gasteiger partial charge in [0.25, 0.3) is 0 Å². The lowest BCUT2D eigenvalue weighted by atomic mass is 9.90. The average Bonchev–Trinajstić information content (AvgIpc) is 2.59. The third kappa shape index (κ3) is 3.41. The monoisotopic (exact) mass is 335 g/mol. The van der Waals surface area contributed by atoms with Crippen LogP contribution < -0.4 is 10.1 Å². The highest BCUT2D eigenvalue weighted by Gasteiger charge is 2.30. The van der Waals surface area contributed by atoms with Gasteiger partial charge in [-0.15, -0.1) is 0 Å². The molecule has 0 fully saturated rings. The molecule has 1 aliphatic heterocycles. The number of alkyl halides is 3. The van der Waals surface area contributed by atoms with Gasteiger partial charge in [0, 0.05) is 12.1 Å². The number of nitrogens with one attached hydrogen (secondary N) is 1. The summed E-state index contributed by atoms with van der Waals surface area (Å²) in [5, 5.41) is 3.34. The standard InChI is InChI=1S/C19H20F3NO/c1-2-11-24-18-8-7-15(16-9-10-23-12-17(16)18)13-3-5-14(6-4-13)19(20,21)22/h3-8,23H,2,9-12H2,1H3. The molecule has 0 aliphatic carbocycles. The first kappa shape index (κ1) is 16.8. The highest BCUT2D eigenvalue weighted by Crippen LogP contribution is 2.36. The molecule has 2 aromatic rings. The molecule has 0 bridgehead atoms. The first-order valence-corrected chi connectivity index (χ1v) is 8.16. The molecule has 0 atom stereocenters. The molecule has 1 aliphatic rings. The second-order valence-corrected chi connectivity index (χ2v) is 5.92. The van der Waals surface area contributed by atoms with Gasteiger partial charge >= 0.3 is 6.18 Å². The van der Waals surface area contributed by atoms with E-state index in [1.807, 2.05) is 12.1 Å². The fourth-order valence-electron chi connectivity index (χ4n) is 3.03. The van der Waals surface area contributed by atoms with Crippen molar-refractivity contribution in [2.75, 3.05) is 13.2 Å². The van der Waals surface area contributed by atoms with Crippen LogP contribution in [0.15, 0.2) is 36.4 Å². The van der Waals surface area contributed by atoms with Crippen molar-refractivity contribution in [1.82, 2.24) is 5.32 Å². The molecule has 5 heteroatoms. The van der Waals surface area contributed by atoms with Gasteiger partial charge in [0.15, 0.2) is 0 Å². The number of rotatable bonds is 4. The van der Waals surface area contributed by atoms with E-state index in [-0.39, 0.29) is 0 Å². The van der Waals surface area contributed by atoms with E-state index in [2.05, 4.69) is 12.2 Å². The van der Waals surface area contributed by atoms with Gasteiger partial charge in [0.2, 0.25) is 0 Å². The molecular formula is C19H20F3NO. The van der Waals surface area contributed by atoms with Crippen LogP contribution in [0.2, 0.25) is 0 Å². The highest BCUT2D eigenvalue weighted by atomic mass is 19.4. The second-order valence-electron chi connectivity index (χ2n) is 5.92. The molecular weight excluding hydrogens is 315 g/mol. The first-order valence-electron chi connectivity index (χ1n) is 8.16. The van der Waals surface area contributed by atoms with Crippen LogP contribution in [0.1, 0.15) is 30.0 Å². The summed E-state index contributed by atoms with van der Waals surface area (Å²) in [6.45, 7) is 4.30. The van der Waals surface area contributed by atoms with Crippen LogP contribution in [0.5, 0.6) is 5.75 Å². The van der Waals surface area contributed by atoms with Crippen LogP contribution in [-0.4, -0.2) is 13.2 Å². The third-order valence-corrected chi connectivity index (χ3v) is 4.23. The molecule has 0 amide bonds. The summed E-state index contributed by atoms with van der Waals surface area (Å²) in [5.41, 5.74) is 3.46. The van der Waals surface area contributed by atoms with E-state index in [1.165, 1.54) is 5.56 Å². The van der Waals surface area contributed by atoms with Gasteiger partial charge in [0.1, 0.15) is 5.75 Å². The molecule has 0 aromatic heterocycles. The molecule has 128 valence electrons. The van der Waals surface area contributed by atoms with Crippen LogP contribution in [0.4, 0.5) is 13.2 Å². The number of hydrogen-bond donors (Lipinski definition) is 1. The summed E-state index contributed by atoms with van der Waals surface area (Å²) in [6, 6.07) is 9.26. The van der Waals surface area contributed by atoms with Crippen molar-refractivity contribution in [3.05, 3.63) is 53.1 Å². The first-order chi connectivity index (χ1) is 11.5. The minimum atomic E-state index is -4.31. The van der Waals surface area contributed by atoms with Gasteiger partial charge < -0.3 is 10.1 Å². The molecule has 0 saturated carbocycles. The average molecular weight is 335 g/mol. The number of fused-ring (bicyclic) bond motifs is 1. The largest absolute Gasteiger partial charge is 0.493 e. The molecule has 2 nitrogen and oxygen atoms in total. The van der Waals surface area contributed by atoms with Crippen molar-refractivity contribution in [2.24, 2.45) is 0 Å². The molecule has 0 spiro atoms. The minimum absolute atomic E-state index is 0.621. The molecule has 0 saturated heterocycles. The topological polar surface area (TPSA) is 21.3 Å². The maximum absolute atomic E-state index is 12.7. The number of benzene rings is 2. The summed E-state index contributed by atoms with van der Waals surface area (Å²) < 4.78 is 44.0. The predicted molar refractivity (Wildman–Crippen MR) is 88.1 cm³/mol. The normalized spacial score (nSPS) is 14.3. The molecule has 24 heavy (non-hydrogen) atoms. The number of ether oxygens (including phenoxy) is 1. The van der Waals surface area contributed by atoms with Gasteiger partial charge in [-0.2, -0.15) is 13.2 Å². The molecule has 0 radical (unpaired) electrons. The van der Waals surface area contributed by atoms with Gasteiger partial charge in [-0.1, -0.05) is 25.1 Å². The Bertz CT molecular complexity index is 708. The van der Waals surface area contributed by atoms with Crippen molar-refractivity contribution < 1.29 is 17.9 Å². The van der Waals surface area contributed by atoms with Crippen molar-refractivity contribution in [3.8, 4) is 16.9 Å². The van der Waals surface area contributed by atoms with E-state index in [9.17, 15) is 13.2 Å². The van der Waals surface area contributed by atoms with E-state index in [0.717, 1.165) is 60.5 Å². The summed E-state index contributed by atoms with van der Waals surface area (Å²) >= 11 is 0. The molecule has 2 aromatic carbocycles. The number of halogens is 3. The van der Waals surface area contributed by atoms with Gasteiger partial charge in [-0.3, -0.25) is 0 Å². The van der Waals surface area contributed by atoms with Crippen molar-refractivity contribution in [2.45, 2.75) is 32.5 Å². The van der Waals surface area contributed by atoms with Gasteiger partial charge in [-0.25, -0.2) is 0 Å². The van der Waals surface area contributed by atoms with E-state index >= 15 is 0 Å². The lowest BCUT2D eigenvalue weighted by Gasteiger charge is -2.24. The summed E-state index contributed by atoms with van der Waals surface area (Å²) in [6.07, 6.45) is -2.53. The Morgan fingerprint density at radius 1 is 1.04 bits per heavy atom. The van der Waals surface area contributed by atoms with Crippen molar-refractivity contribution in [1.29, 1.82) is 0 Å². The quantitative estimate of drug-likeness (QED) is 0.866. The minimum Gasteiger partial charge on any atom is -0.493 e. The van der Waals surface area contributed by atoms with Crippen LogP contribution in [0.3, 0.4) is 0 Å². The Morgan fingerprint density at radius 2 is 1.79 bits per heavy atom.